The highest BCUT2D eigenvalue weighted by Crippen LogP contribution is 2.33. The molecule has 0 saturated carbocycles. The van der Waals surface area contributed by atoms with E-state index in [0.717, 1.165) is 61.3 Å². The zero-order chi connectivity index (χ0) is 18.1. The van der Waals surface area contributed by atoms with Gasteiger partial charge in [-0.2, -0.15) is 0 Å². The lowest BCUT2D eigenvalue weighted by Crippen LogP contribution is -2.48. The molecule has 2 aromatic rings. The van der Waals surface area contributed by atoms with Crippen molar-refractivity contribution in [2.75, 3.05) is 38.2 Å². The molecule has 0 bridgehead atoms. The normalized spacial score (nSPS) is 20.0. The zero-order valence-electron chi connectivity index (χ0n) is 15.5. The van der Waals surface area contributed by atoms with E-state index in [0.29, 0.717) is 0 Å². The first-order valence-electron chi connectivity index (χ1n) is 9.44. The Balaban J connectivity index is 1.42. The highest BCUT2D eigenvalue weighted by atomic mass is 32.1. The summed E-state index contributed by atoms with van der Waals surface area (Å²) in [6.45, 7) is 5.51. The summed E-state index contributed by atoms with van der Waals surface area (Å²) >= 11 is 1.72. The van der Waals surface area contributed by atoms with E-state index in [2.05, 4.69) is 24.0 Å². The number of rotatable bonds is 3. The predicted octanol–water partition coefficient (Wildman–Crippen LogP) is 3.84. The summed E-state index contributed by atoms with van der Waals surface area (Å²) in [5.41, 5.74) is 2.52. The maximum atomic E-state index is 13.0. The number of nitrogens with zero attached hydrogens (tertiary/aromatic N) is 2. The lowest BCUT2D eigenvalue weighted by Gasteiger charge is -2.36. The van der Waals surface area contributed by atoms with Crippen molar-refractivity contribution >= 4 is 22.9 Å². The minimum absolute atomic E-state index is 0.205. The monoisotopic (exact) mass is 370 g/mol. The minimum atomic E-state index is 0.205. The smallest absolute Gasteiger partial charge is 0.264 e. The lowest BCUT2D eigenvalue weighted by molar-refractivity contribution is 0.0751. The molecule has 138 valence electrons. The largest absolute Gasteiger partial charge is 0.495 e. The fourth-order valence-electron chi connectivity index (χ4n) is 4.01. The van der Waals surface area contributed by atoms with E-state index in [-0.39, 0.29) is 5.91 Å². The first-order chi connectivity index (χ1) is 12.7. The molecule has 0 radical (unpaired) electrons. The molecule has 2 aliphatic rings. The number of ether oxygens (including phenoxy) is 1. The Morgan fingerprint density at radius 3 is 2.73 bits per heavy atom. The van der Waals surface area contributed by atoms with E-state index in [1.165, 1.54) is 16.9 Å². The number of aryl methyl sites for hydroxylation is 1. The molecular formula is C21H26N2O2S. The molecule has 1 fully saturated rings. The van der Waals surface area contributed by atoms with Crippen LogP contribution >= 0.6 is 11.3 Å². The molecule has 26 heavy (non-hydrogen) atoms. The van der Waals surface area contributed by atoms with E-state index in [4.69, 9.17) is 4.74 Å². The number of hydrogen-bond acceptors (Lipinski definition) is 4. The van der Waals surface area contributed by atoms with Gasteiger partial charge < -0.3 is 14.5 Å². The van der Waals surface area contributed by atoms with E-state index < -0.39 is 0 Å². The average Bonchev–Trinajstić information content (AvgIpc) is 3.10. The second-order valence-electron chi connectivity index (χ2n) is 7.36. The molecule has 4 nitrogen and oxygen atoms in total. The van der Waals surface area contributed by atoms with Crippen molar-refractivity contribution in [1.29, 1.82) is 0 Å². The molecule has 1 aliphatic carbocycles. The van der Waals surface area contributed by atoms with Gasteiger partial charge in [0.25, 0.3) is 5.91 Å². The standard InChI is InChI=1S/C21H26N2O2S/c1-15-7-8-19-16(13-15)14-20(26-19)21(24)23-11-9-22(10-12-23)17-5-3-4-6-18(17)25-2/h3-6,14-15H,7-13H2,1-2H3. The number of anilines is 1. The van der Waals surface area contributed by atoms with Crippen LogP contribution < -0.4 is 9.64 Å². The molecule has 1 unspecified atom stereocenters. The fraction of sp³-hybridized carbons (Fsp3) is 0.476. The Hall–Kier alpha value is -2.01. The van der Waals surface area contributed by atoms with Crippen molar-refractivity contribution in [3.8, 4) is 5.75 Å². The van der Waals surface area contributed by atoms with E-state index >= 15 is 0 Å². The summed E-state index contributed by atoms with van der Waals surface area (Å²) in [5, 5.41) is 0. The molecule has 0 spiro atoms. The van der Waals surface area contributed by atoms with Crippen LogP contribution in [0.2, 0.25) is 0 Å². The van der Waals surface area contributed by atoms with Crippen molar-refractivity contribution in [2.45, 2.75) is 26.2 Å². The number of piperazine rings is 1. The van der Waals surface area contributed by atoms with Crippen molar-refractivity contribution in [2.24, 2.45) is 5.92 Å². The summed E-state index contributed by atoms with van der Waals surface area (Å²) in [6.07, 6.45) is 3.51. The van der Waals surface area contributed by atoms with Crippen LogP contribution in [0.4, 0.5) is 5.69 Å². The van der Waals surface area contributed by atoms with Crippen molar-refractivity contribution in [1.82, 2.24) is 4.90 Å². The quantitative estimate of drug-likeness (QED) is 0.823. The SMILES string of the molecule is COc1ccccc1N1CCN(C(=O)c2cc3c(s2)CCC(C)C3)CC1. The zero-order valence-corrected chi connectivity index (χ0v) is 16.3. The number of thiophene rings is 1. The van der Waals surface area contributed by atoms with Crippen molar-refractivity contribution in [3.05, 3.63) is 45.6 Å². The van der Waals surface area contributed by atoms with Crippen LogP contribution in [-0.2, 0) is 12.8 Å². The lowest BCUT2D eigenvalue weighted by atomic mass is 9.90. The number of para-hydroxylation sites is 2. The predicted molar refractivity (Wildman–Crippen MR) is 107 cm³/mol. The van der Waals surface area contributed by atoms with Gasteiger partial charge in [0.1, 0.15) is 5.75 Å². The molecule has 2 heterocycles. The first kappa shape index (κ1) is 17.4. The summed E-state index contributed by atoms with van der Waals surface area (Å²) < 4.78 is 5.48. The Kier molecular flexibility index (Phi) is 4.90. The van der Waals surface area contributed by atoms with E-state index in [1.807, 2.05) is 23.1 Å². The number of benzene rings is 1. The molecule has 0 N–H and O–H groups in total. The van der Waals surface area contributed by atoms with Gasteiger partial charge in [0.2, 0.25) is 0 Å². The number of hydrogen-bond donors (Lipinski definition) is 0. The molecular weight excluding hydrogens is 344 g/mol. The van der Waals surface area contributed by atoms with Crippen LogP contribution in [-0.4, -0.2) is 44.1 Å². The highest BCUT2D eigenvalue weighted by Gasteiger charge is 2.26. The Morgan fingerprint density at radius 2 is 1.96 bits per heavy atom. The number of amides is 1. The molecule has 5 heteroatoms. The number of carbonyl (C=O) groups is 1. The third-order valence-corrected chi connectivity index (χ3v) is 6.76. The maximum Gasteiger partial charge on any atom is 0.264 e. The van der Waals surface area contributed by atoms with Gasteiger partial charge in [-0.1, -0.05) is 19.1 Å². The van der Waals surface area contributed by atoms with Crippen LogP contribution in [0.3, 0.4) is 0 Å². The Bertz CT molecular complexity index is 793. The van der Waals surface area contributed by atoms with Gasteiger partial charge in [-0.3, -0.25) is 4.79 Å². The molecule has 1 atom stereocenters. The Labute approximate surface area is 159 Å². The number of methoxy groups -OCH3 is 1. The average molecular weight is 371 g/mol. The Morgan fingerprint density at radius 1 is 1.19 bits per heavy atom. The summed E-state index contributed by atoms with van der Waals surface area (Å²) in [4.78, 5) is 19.6. The van der Waals surface area contributed by atoms with Crippen molar-refractivity contribution in [3.63, 3.8) is 0 Å². The molecule has 4 rings (SSSR count). The molecule has 1 amide bonds. The fourth-order valence-corrected chi connectivity index (χ4v) is 5.18. The van der Waals surface area contributed by atoms with Crippen molar-refractivity contribution < 1.29 is 9.53 Å². The van der Waals surface area contributed by atoms with Gasteiger partial charge in [0.15, 0.2) is 0 Å². The van der Waals surface area contributed by atoms with Gasteiger partial charge in [0, 0.05) is 31.1 Å². The third kappa shape index (κ3) is 3.32. The molecule has 1 aliphatic heterocycles. The van der Waals surface area contributed by atoms with Gasteiger partial charge in [-0.25, -0.2) is 0 Å². The van der Waals surface area contributed by atoms with Crippen LogP contribution in [0.25, 0.3) is 0 Å². The summed E-state index contributed by atoms with van der Waals surface area (Å²) in [7, 11) is 1.71. The highest BCUT2D eigenvalue weighted by molar-refractivity contribution is 7.14. The molecule has 1 aromatic carbocycles. The van der Waals surface area contributed by atoms with Gasteiger partial charge >= 0.3 is 0 Å². The second-order valence-corrected chi connectivity index (χ2v) is 8.49. The first-order valence-corrected chi connectivity index (χ1v) is 10.3. The number of carbonyl (C=O) groups excluding carboxylic acids is 1. The van der Waals surface area contributed by atoms with Crippen LogP contribution in [0, 0.1) is 5.92 Å². The van der Waals surface area contributed by atoms with Gasteiger partial charge in [0.05, 0.1) is 17.7 Å². The molecule has 1 saturated heterocycles. The minimum Gasteiger partial charge on any atom is -0.495 e. The molecule has 1 aromatic heterocycles. The van der Waals surface area contributed by atoms with Crippen LogP contribution in [0.5, 0.6) is 5.75 Å². The summed E-state index contributed by atoms with van der Waals surface area (Å²) in [5.74, 6) is 1.84. The van der Waals surface area contributed by atoms with Crippen LogP contribution in [0.1, 0.15) is 33.5 Å². The van der Waals surface area contributed by atoms with Gasteiger partial charge in [-0.15, -0.1) is 11.3 Å². The second kappa shape index (κ2) is 7.31. The number of fused-ring (bicyclic) bond motifs is 1. The van der Waals surface area contributed by atoms with E-state index in [9.17, 15) is 4.79 Å². The van der Waals surface area contributed by atoms with E-state index in [1.54, 1.807) is 18.4 Å². The summed E-state index contributed by atoms with van der Waals surface area (Å²) in [6, 6.07) is 10.3. The van der Waals surface area contributed by atoms with Crippen LogP contribution in [0.15, 0.2) is 30.3 Å². The van der Waals surface area contributed by atoms with Gasteiger partial charge in [-0.05, 0) is 48.9 Å². The third-order valence-electron chi connectivity index (χ3n) is 5.53. The maximum absolute atomic E-state index is 13.0. The topological polar surface area (TPSA) is 32.8 Å².